The molecule has 0 bridgehead atoms. The van der Waals surface area contributed by atoms with Gasteiger partial charge in [0.1, 0.15) is 12.0 Å². The molecule has 2 atom stereocenters. The lowest BCUT2D eigenvalue weighted by atomic mass is 10.1. The van der Waals surface area contributed by atoms with E-state index in [0.29, 0.717) is 28.5 Å². The highest BCUT2D eigenvalue weighted by atomic mass is 35.5. The number of halogens is 2. The van der Waals surface area contributed by atoms with E-state index in [2.05, 4.69) is 10.3 Å². The molecule has 1 aromatic heterocycles. The Labute approximate surface area is 142 Å². The first-order valence-corrected chi connectivity index (χ1v) is 8.11. The van der Waals surface area contributed by atoms with Crippen LogP contribution in [0.1, 0.15) is 12.0 Å². The zero-order chi connectivity index (χ0) is 16.8. The molecule has 0 spiro atoms. The molecular weight excluding hydrogens is 329 g/mol. The average Bonchev–Trinajstić information content (AvgIpc) is 3.23. The number of nitrogens with zero attached hydrogens (tertiary/aromatic N) is 2. The maximum atomic E-state index is 13.2. The van der Waals surface area contributed by atoms with Crippen molar-refractivity contribution >= 4 is 28.3 Å². The highest BCUT2D eigenvalue weighted by Gasteiger charge is 2.38. The molecule has 3 aromatic rings. The lowest BCUT2D eigenvalue weighted by Gasteiger charge is -2.15. The summed E-state index contributed by atoms with van der Waals surface area (Å²) < 4.78 is 14.7. The lowest BCUT2D eigenvalue weighted by molar-refractivity contribution is 0.472. The first kappa shape index (κ1) is 15.1. The number of alkyl halides is 1. The number of aromatic nitrogens is 2. The smallest absolute Gasteiger partial charge is 0.354 e. The van der Waals surface area contributed by atoms with E-state index in [1.165, 1.54) is 4.57 Å². The molecule has 1 aliphatic rings. The van der Waals surface area contributed by atoms with Crippen molar-refractivity contribution in [3.05, 3.63) is 63.5 Å². The van der Waals surface area contributed by atoms with Gasteiger partial charge in [-0.3, -0.25) is 4.57 Å². The van der Waals surface area contributed by atoms with Gasteiger partial charge in [-0.1, -0.05) is 29.8 Å². The van der Waals surface area contributed by atoms with Crippen LogP contribution in [0.15, 0.2) is 47.3 Å². The monoisotopic (exact) mass is 343 g/mol. The lowest BCUT2D eigenvalue weighted by Crippen LogP contribution is -2.24. The molecule has 0 radical (unpaired) electrons. The third-order valence-corrected chi connectivity index (χ3v) is 4.50. The summed E-state index contributed by atoms with van der Waals surface area (Å²) in [4.78, 5) is 16.8. The fraction of sp³-hybridized carbons (Fsp3) is 0.222. The summed E-state index contributed by atoms with van der Waals surface area (Å²) in [5, 5.41) is 4.26. The predicted molar refractivity (Wildman–Crippen MR) is 94.0 cm³/mol. The van der Waals surface area contributed by atoms with Crippen molar-refractivity contribution in [1.29, 1.82) is 0 Å². The van der Waals surface area contributed by atoms with Crippen molar-refractivity contribution in [3.63, 3.8) is 0 Å². The Bertz CT molecular complexity index is 1000. The number of fused-ring (bicyclic) bond motifs is 1. The summed E-state index contributed by atoms with van der Waals surface area (Å²) in [5.74, 6) is 0.420. The molecule has 1 aliphatic carbocycles. The predicted octanol–water partition coefficient (Wildman–Crippen LogP) is 3.87. The van der Waals surface area contributed by atoms with E-state index in [9.17, 15) is 9.18 Å². The maximum Gasteiger partial charge on any atom is 0.354 e. The molecule has 1 fully saturated rings. The Kier molecular flexibility index (Phi) is 3.53. The van der Waals surface area contributed by atoms with Gasteiger partial charge in [-0.2, -0.15) is 4.98 Å². The van der Waals surface area contributed by atoms with Crippen molar-refractivity contribution in [2.45, 2.75) is 25.6 Å². The fourth-order valence-electron chi connectivity index (χ4n) is 2.80. The van der Waals surface area contributed by atoms with Crippen molar-refractivity contribution in [2.24, 2.45) is 0 Å². The summed E-state index contributed by atoms with van der Waals surface area (Å²) in [6, 6.07) is 12.6. The second-order valence-corrected chi connectivity index (χ2v) is 6.46. The Balaban J connectivity index is 1.99. The first-order valence-electron chi connectivity index (χ1n) is 7.73. The minimum absolute atomic E-state index is 0.266. The molecule has 1 saturated carbocycles. The SMILES string of the molecule is Cc1ccc2c(N[C@H]3C[C@@H]3F)nc(=O)n(-c3ccccc3Cl)c2c1. The molecule has 1 heterocycles. The number of rotatable bonds is 3. The van der Waals surface area contributed by atoms with Crippen LogP contribution in [0.4, 0.5) is 10.2 Å². The van der Waals surface area contributed by atoms with Crippen molar-refractivity contribution in [2.75, 3.05) is 5.32 Å². The zero-order valence-corrected chi connectivity index (χ0v) is 13.7. The van der Waals surface area contributed by atoms with E-state index in [0.717, 1.165) is 10.9 Å². The second-order valence-electron chi connectivity index (χ2n) is 6.05. The Hall–Kier alpha value is -2.40. The van der Waals surface area contributed by atoms with Crippen LogP contribution in [0.5, 0.6) is 0 Å². The summed E-state index contributed by atoms with van der Waals surface area (Å²) in [7, 11) is 0. The molecule has 0 saturated heterocycles. The highest BCUT2D eigenvalue weighted by molar-refractivity contribution is 6.32. The van der Waals surface area contributed by atoms with Crippen LogP contribution in [-0.2, 0) is 0 Å². The van der Waals surface area contributed by atoms with Gasteiger partial charge in [-0.15, -0.1) is 0 Å². The number of benzene rings is 2. The van der Waals surface area contributed by atoms with Gasteiger partial charge in [0.05, 0.1) is 22.3 Å². The van der Waals surface area contributed by atoms with E-state index >= 15 is 0 Å². The minimum atomic E-state index is -0.877. The first-order chi connectivity index (χ1) is 11.5. The third kappa shape index (κ3) is 2.55. The summed E-state index contributed by atoms with van der Waals surface area (Å²) >= 11 is 6.27. The van der Waals surface area contributed by atoms with Crippen LogP contribution in [-0.4, -0.2) is 21.8 Å². The molecule has 1 N–H and O–H groups in total. The van der Waals surface area contributed by atoms with E-state index in [1.54, 1.807) is 12.1 Å². The molecule has 24 heavy (non-hydrogen) atoms. The van der Waals surface area contributed by atoms with Crippen LogP contribution in [0, 0.1) is 6.92 Å². The van der Waals surface area contributed by atoms with Gasteiger partial charge in [-0.25, -0.2) is 9.18 Å². The largest absolute Gasteiger partial charge is 0.364 e. The van der Waals surface area contributed by atoms with Crippen LogP contribution >= 0.6 is 11.6 Å². The van der Waals surface area contributed by atoms with Gasteiger partial charge >= 0.3 is 5.69 Å². The third-order valence-electron chi connectivity index (χ3n) is 4.18. The maximum absolute atomic E-state index is 13.2. The number of anilines is 1. The van der Waals surface area contributed by atoms with Gasteiger partial charge in [0.15, 0.2) is 0 Å². The van der Waals surface area contributed by atoms with E-state index in [1.807, 2.05) is 37.3 Å². The van der Waals surface area contributed by atoms with Crippen LogP contribution in [0.2, 0.25) is 5.02 Å². The van der Waals surface area contributed by atoms with Gasteiger partial charge in [-0.05, 0) is 36.8 Å². The van der Waals surface area contributed by atoms with Crippen molar-refractivity contribution in [1.82, 2.24) is 9.55 Å². The molecular formula is C18H15ClFN3O. The molecule has 122 valence electrons. The number of hydrogen-bond donors (Lipinski definition) is 1. The number of nitrogens with one attached hydrogen (secondary N) is 1. The Morgan fingerprint density at radius 3 is 2.75 bits per heavy atom. The summed E-state index contributed by atoms with van der Waals surface area (Å²) in [5.41, 5.74) is 1.84. The summed E-state index contributed by atoms with van der Waals surface area (Å²) in [6.07, 6.45) is -0.430. The Morgan fingerprint density at radius 1 is 1.29 bits per heavy atom. The van der Waals surface area contributed by atoms with E-state index in [4.69, 9.17) is 11.6 Å². The molecule has 2 aromatic carbocycles. The number of aryl methyl sites for hydroxylation is 1. The molecule has 4 nitrogen and oxygen atoms in total. The molecule has 0 unspecified atom stereocenters. The second kappa shape index (κ2) is 5.60. The fourth-order valence-corrected chi connectivity index (χ4v) is 3.02. The van der Waals surface area contributed by atoms with E-state index in [-0.39, 0.29) is 6.04 Å². The molecule has 4 rings (SSSR count). The highest BCUT2D eigenvalue weighted by Crippen LogP contribution is 2.32. The van der Waals surface area contributed by atoms with E-state index < -0.39 is 11.9 Å². The molecule has 0 aliphatic heterocycles. The quantitative estimate of drug-likeness (QED) is 0.785. The van der Waals surface area contributed by atoms with Crippen LogP contribution < -0.4 is 11.0 Å². The van der Waals surface area contributed by atoms with Crippen molar-refractivity contribution in [3.8, 4) is 5.69 Å². The van der Waals surface area contributed by atoms with Crippen molar-refractivity contribution < 1.29 is 4.39 Å². The van der Waals surface area contributed by atoms with Gasteiger partial charge in [0.25, 0.3) is 0 Å². The normalized spacial score (nSPS) is 19.5. The molecule has 0 amide bonds. The van der Waals surface area contributed by atoms with Gasteiger partial charge in [0, 0.05) is 11.8 Å². The molecule has 6 heteroatoms. The zero-order valence-electron chi connectivity index (χ0n) is 13.0. The topological polar surface area (TPSA) is 46.9 Å². The Morgan fingerprint density at radius 2 is 2.04 bits per heavy atom. The minimum Gasteiger partial charge on any atom is -0.364 e. The average molecular weight is 344 g/mol. The van der Waals surface area contributed by atoms with Crippen LogP contribution in [0.25, 0.3) is 16.6 Å². The number of hydrogen-bond acceptors (Lipinski definition) is 3. The van der Waals surface area contributed by atoms with Crippen LogP contribution in [0.3, 0.4) is 0 Å². The standard InChI is InChI=1S/C18H15ClFN3O/c1-10-6-7-11-16(8-10)23(15-5-3-2-4-12(15)19)18(24)22-17(11)21-14-9-13(14)20/h2-8,13-14H,9H2,1H3,(H,21,22,24)/t13-,14-/m0/s1. The van der Waals surface area contributed by atoms with Gasteiger partial charge < -0.3 is 5.32 Å². The number of para-hydroxylation sites is 1. The summed E-state index contributed by atoms with van der Waals surface area (Å²) in [6.45, 7) is 1.95. The van der Waals surface area contributed by atoms with Gasteiger partial charge in [0.2, 0.25) is 0 Å².